The van der Waals surface area contributed by atoms with Crippen LogP contribution >= 0.6 is 11.8 Å². The smallest absolute Gasteiger partial charge is 0.123 e. The summed E-state index contributed by atoms with van der Waals surface area (Å²) in [6.07, 6.45) is 3.57. The number of halogens is 1. The van der Waals surface area contributed by atoms with Crippen LogP contribution in [0.3, 0.4) is 0 Å². The van der Waals surface area contributed by atoms with E-state index in [1.54, 1.807) is 11.8 Å². The molecule has 1 fully saturated rings. The molecule has 18 heavy (non-hydrogen) atoms. The molecule has 0 aliphatic carbocycles. The van der Waals surface area contributed by atoms with E-state index in [0.717, 1.165) is 30.2 Å². The van der Waals surface area contributed by atoms with Crippen molar-refractivity contribution in [1.29, 1.82) is 0 Å². The highest BCUT2D eigenvalue weighted by molar-refractivity contribution is 7.99. The minimum atomic E-state index is -0.185. The van der Waals surface area contributed by atoms with Gasteiger partial charge in [-0.2, -0.15) is 0 Å². The van der Waals surface area contributed by atoms with Crippen molar-refractivity contribution in [3.05, 3.63) is 30.1 Å². The molecule has 0 saturated carbocycles. The number of hydrogen-bond acceptors (Lipinski definition) is 3. The van der Waals surface area contributed by atoms with E-state index in [2.05, 4.69) is 4.90 Å². The minimum absolute atomic E-state index is 0.185. The molecule has 1 aromatic carbocycles. The molecular weight excluding hydrogens is 249 g/mol. The third-order valence-corrected chi connectivity index (χ3v) is 4.41. The van der Waals surface area contributed by atoms with Crippen LogP contribution in [0.15, 0.2) is 29.2 Å². The Morgan fingerprint density at radius 1 is 1.28 bits per heavy atom. The Bertz CT molecular complexity index is 357. The van der Waals surface area contributed by atoms with E-state index in [0.29, 0.717) is 6.04 Å². The Morgan fingerprint density at radius 2 is 2.06 bits per heavy atom. The van der Waals surface area contributed by atoms with Gasteiger partial charge in [-0.1, -0.05) is 6.42 Å². The Hall–Kier alpha value is -0.580. The van der Waals surface area contributed by atoms with Gasteiger partial charge in [-0.3, -0.25) is 4.90 Å². The average Bonchev–Trinajstić information content (AvgIpc) is 2.41. The second-order valence-corrected chi connectivity index (χ2v) is 5.84. The highest BCUT2D eigenvalue weighted by Crippen LogP contribution is 2.21. The number of aliphatic hydroxyl groups is 1. The second-order valence-electron chi connectivity index (χ2n) is 4.67. The lowest BCUT2D eigenvalue weighted by Gasteiger charge is -2.34. The number of piperidine rings is 1. The number of aliphatic hydroxyl groups excluding tert-OH is 1. The normalized spacial score (nSPS) is 21.1. The molecule has 1 N–H and O–H groups in total. The van der Waals surface area contributed by atoms with Gasteiger partial charge in [0, 0.05) is 23.2 Å². The zero-order chi connectivity index (χ0) is 12.8. The van der Waals surface area contributed by atoms with Crippen LogP contribution in [0.25, 0.3) is 0 Å². The van der Waals surface area contributed by atoms with E-state index >= 15 is 0 Å². The van der Waals surface area contributed by atoms with Crippen LogP contribution in [0.2, 0.25) is 0 Å². The van der Waals surface area contributed by atoms with Crippen LogP contribution in [-0.2, 0) is 0 Å². The van der Waals surface area contributed by atoms with Crippen LogP contribution < -0.4 is 0 Å². The Morgan fingerprint density at radius 3 is 2.78 bits per heavy atom. The highest BCUT2D eigenvalue weighted by atomic mass is 32.2. The Labute approximate surface area is 112 Å². The van der Waals surface area contributed by atoms with E-state index in [1.807, 2.05) is 12.1 Å². The fraction of sp³-hybridized carbons (Fsp3) is 0.571. The highest BCUT2D eigenvalue weighted by Gasteiger charge is 2.20. The summed E-state index contributed by atoms with van der Waals surface area (Å²) in [5.74, 6) is 0.804. The third kappa shape index (κ3) is 3.97. The molecule has 2 rings (SSSR count). The van der Waals surface area contributed by atoms with Crippen LogP contribution in [0, 0.1) is 5.82 Å². The molecule has 1 saturated heterocycles. The Balaban J connectivity index is 1.75. The zero-order valence-corrected chi connectivity index (χ0v) is 11.3. The summed E-state index contributed by atoms with van der Waals surface area (Å²) in [7, 11) is 0. The van der Waals surface area contributed by atoms with Crippen molar-refractivity contribution in [3.8, 4) is 0 Å². The number of benzene rings is 1. The van der Waals surface area contributed by atoms with E-state index in [4.69, 9.17) is 0 Å². The predicted octanol–water partition coefficient (Wildman–Crippen LogP) is 2.76. The number of thioether (sulfide) groups is 1. The SMILES string of the molecule is OCC1CCCCN1CCSc1ccc(F)cc1. The summed E-state index contributed by atoms with van der Waals surface area (Å²) in [4.78, 5) is 3.48. The van der Waals surface area contributed by atoms with E-state index < -0.39 is 0 Å². The number of hydrogen-bond donors (Lipinski definition) is 1. The molecular formula is C14H20FNOS. The van der Waals surface area contributed by atoms with Crippen molar-refractivity contribution in [3.63, 3.8) is 0 Å². The summed E-state index contributed by atoms with van der Waals surface area (Å²) >= 11 is 1.75. The number of rotatable bonds is 5. The lowest BCUT2D eigenvalue weighted by molar-refractivity contribution is 0.0962. The first-order chi connectivity index (χ1) is 8.79. The van der Waals surface area contributed by atoms with Crippen molar-refractivity contribution in [2.45, 2.75) is 30.2 Å². The molecule has 1 aliphatic rings. The standard InChI is InChI=1S/C14H20FNOS/c15-12-4-6-14(7-5-12)18-10-9-16-8-2-1-3-13(16)11-17/h4-7,13,17H,1-3,8-11H2. The second kappa shape index (κ2) is 7.12. The van der Waals surface area contributed by atoms with Gasteiger partial charge >= 0.3 is 0 Å². The molecule has 0 amide bonds. The lowest BCUT2D eigenvalue weighted by Crippen LogP contribution is -2.42. The zero-order valence-electron chi connectivity index (χ0n) is 10.5. The molecule has 2 nitrogen and oxygen atoms in total. The molecule has 0 radical (unpaired) electrons. The summed E-state index contributed by atoms with van der Waals surface area (Å²) in [5.41, 5.74) is 0. The van der Waals surface area contributed by atoms with Crippen molar-refractivity contribution < 1.29 is 9.50 Å². The van der Waals surface area contributed by atoms with Crippen molar-refractivity contribution in [2.75, 3.05) is 25.4 Å². The van der Waals surface area contributed by atoms with Crippen LogP contribution in [0.1, 0.15) is 19.3 Å². The molecule has 1 heterocycles. The predicted molar refractivity (Wildman–Crippen MR) is 73.4 cm³/mol. The van der Waals surface area contributed by atoms with Crippen molar-refractivity contribution >= 4 is 11.8 Å². The van der Waals surface area contributed by atoms with Crippen LogP contribution in [0.4, 0.5) is 4.39 Å². The lowest BCUT2D eigenvalue weighted by atomic mass is 10.0. The minimum Gasteiger partial charge on any atom is -0.395 e. The molecule has 1 aliphatic heterocycles. The van der Waals surface area contributed by atoms with Crippen LogP contribution in [-0.4, -0.2) is 41.5 Å². The quantitative estimate of drug-likeness (QED) is 0.832. The van der Waals surface area contributed by atoms with E-state index in [1.165, 1.54) is 25.0 Å². The molecule has 100 valence electrons. The van der Waals surface area contributed by atoms with Gasteiger partial charge < -0.3 is 5.11 Å². The first-order valence-corrected chi connectivity index (χ1v) is 7.51. The topological polar surface area (TPSA) is 23.5 Å². The number of nitrogens with zero attached hydrogens (tertiary/aromatic N) is 1. The van der Waals surface area contributed by atoms with Gasteiger partial charge in [-0.15, -0.1) is 11.8 Å². The summed E-state index contributed by atoms with van der Waals surface area (Å²) in [6, 6.07) is 6.98. The van der Waals surface area contributed by atoms with Gasteiger partial charge in [-0.25, -0.2) is 4.39 Å². The summed E-state index contributed by atoms with van der Waals surface area (Å²) in [6.45, 7) is 2.35. The molecule has 1 aromatic rings. The Kier molecular flexibility index (Phi) is 5.47. The monoisotopic (exact) mass is 269 g/mol. The van der Waals surface area contributed by atoms with Gasteiger partial charge in [-0.05, 0) is 43.7 Å². The maximum absolute atomic E-state index is 12.8. The summed E-state index contributed by atoms with van der Waals surface area (Å²) < 4.78 is 12.8. The molecule has 1 atom stereocenters. The first kappa shape index (κ1) is 13.8. The maximum atomic E-state index is 12.8. The van der Waals surface area contributed by atoms with Crippen molar-refractivity contribution in [1.82, 2.24) is 4.90 Å². The van der Waals surface area contributed by atoms with E-state index in [9.17, 15) is 9.50 Å². The van der Waals surface area contributed by atoms with Gasteiger partial charge in [0.2, 0.25) is 0 Å². The fourth-order valence-electron chi connectivity index (χ4n) is 2.37. The first-order valence-electron chi connectivity index (χ1n) is 6.53. The maximum Gasteiger partial charge on any atom is 0.123 e. The molecule has 0 bridgehead atoms. The van der Waals surface area contributed by atoms with Gasteiger partial charge in [0.25, 0.3) is 0 Å². The fourth-order valence-corrected chi connectivity index (χ4v) is 3.26. The molecule has 4 heteroatoms. The summed E-state index contributed by atoms with van der Waals surface area (Å²) in [5, 5.41) is 9.32. The molecule has 0 aromatic heterocycles. The molecule has 1 unspecified atom stereocenters. The molecule has 0 spiro atoms. The van der Waals surface area contributed by atoms with E-state index in [-0.39, 0.29) is 12.4 Å². The van der Waals surface area contributed by atoms with Gasteiger partial charge in [0.1, 0.15) is 5.82 Å². The number of likely N-dealkylation sites (tertiary alicyclic amines) is 1. The van der Waals surface area contributed by atoms with Gasteiger partial charge in [0.05, 0.1) is 6.61 Å². The van der Waals surface area contributed by atoms with Crippen molar-refractivity contribution in [2.24, 2.45) is 0 Å². The average molecular weight is 269 g/mol. The van der Waals surface area contributed by atoms with Crippen LogP contribution in [0.5, 0.6) is 0 Å². The third-order valence-electron chi connectivity index (χ3n) is 3.42. The van der Waals surface area contributed by atoms with Gasteiger partial charge in [0.15, 0.2) is 0 Å². The largest absolute Gasteiger partial charge is 0.395 e.